The van der Waals surface area contributed by atoms with Gasteiger partial charge in [0.2, 0.25) is 0 Å². The van der Waals surface area contributed by atoms with E-state index in [0.717, 1.165) is 51.5 Å². The number of amides is 1. The molecule has 0 radical (unpaired) electrons. The summed E-state index contributed by atoms with van der Waals surface area (Å²) in [6.45, 7) is 3.70. The monoisotopic (exact) mass is 484 g/mol. The molecular formula is C22H21ClN6OS2. The smallest absolute Gasteiger partial charge is 0.278 e. The van der Waals surface area contributed by atoms with Gasteiger partial charge in [-0.25, -0.2) is 4.98 Å². The van der Waals surface area contributed by atoms with Crippen LogP contribution >= 0.6 is 34.3 Å². The molecule has 1 atom stereocenters. The molecule has 1 aliphatic rings. The molecule has 1 N–H and O–H groups in total. The van der Waals surface area contributed by atoms with E-state index >= 15 is 0 Å². The highest BCUT2D eigenvalue weighted by molar-refractivity contribution is 7.18. The van der Waals surface area contributed by atoms with Crippen LogP contribution in [-0.4, -0.2) is 45.2 Å². The van der Waals surface area contributed by atoms with Crippen LogP contribution < -0.4 is 10.2 Å². The Morgan fingerprint density at radius 1 is 1.28 bits per heavy atom. The molecule has 0 bridgehead atoms. The zero-order valence-corrected chi connectivity index (χ0v) is 19.8. The highest BCUT2D eigenvalue weighted by Crippen LogP contribution is 2.37. The fraction of sp³-hybridized carbons (Fsp3) is 0.318. The van der Waals surface area contributed by atoms with Crippen LogP contribution in [0.15, 0.2) is 36.0 Å². The number of anilines is 1. The third kappa shape index (κ3) is 4.01. The van der Waals surface area contributed by atoms with Gasteiger partial charge in [-0.15, -0.1) is 21.5 Å². The minimum Gasteiger partial charge on any atom is -0.315 e. The Hall–Kier alpha value is -2.46. The van der Waals surface area contributed by atoms with E-state index in [1.54, 1.807) is 46.0 Å². The maximum atomic E-state index is 13.8. The van der Waals surface area contributed by atoms with Crippen molar-refractivity contribution in [2.24, 2.45) is 0 Å². The maximum absolute atomic E-state index is 13.8. The lowest BCUT2D eigenvalue weighted by molar-refractivity contribution is 0.0967. The molecule has 0 spiro atoms. The number of hydrogen-bond donors (Lipinski definition) is 1. The number of nitrogens with zero attached hydrogens (tertiary/aromatic N) is 5. The summed E-state index contributed by atoms with van der Waals surface area (Å²) in [4.78, 5) is 24.6. The minimum absolute atomic E-state index is 0.0259. The van der Waals surface area contributed by atoms with Gasteiger partial charge in [-0.1, -0.05) is 29.9 Å². The van der Waals surface area contributed by atoms with Crippen LogP contribution in [0.5, 0.6) is 0 Å². The average molecular weight is 485 g/mol. The lowest BCUT2D eigenvalue weighted by Gasteiger charge is -2.34. The molecule has 1 amide bonds. The Labute approximate surface area is 198 Å². The first-order chi connectivity index (χ1) is 15.7. The molecule has 5 rings (SSSR count). The Balaban J connectivity index is 1.52. The van der Waals surface area contributed by atoms with Crippen LogP contribution in [0.1, 0.15) is 35.3 Å². The van der Waals surface area contributed by atoms with Gasteiger partial charge >= 0.3 is 0 Å². The highest BCUT2D eigenvalue weighted by atomic mass is 35.5. The molecule has 0 aliphatic carbocycles. The SMILES string of the molecule is CCc1nnc(-c2ccc(C(=O)N(c3nccc4scc(Cl)c34)[C@@H]3CCCNC3)nc2)s1. The van der Waals surface area contributed by atoms with Crippen LogP contribution in [0, 0.1) is 0 Å². The minimum atomic E-state index is -0.181. The average Bonchev–Trinajstić information content (AvgIpc) is 3.47. The molecule has 4 aromatic heterocycles. The second kappa shape index (κ2) is 9.19. The summed E-state index contributed by atoms with van der Waals surface area (Å²) >= 11 is 9.59. The standard InChI is InChI=1S/C22H21ClN6OS2/c1-2-18-27-28-21(32-18)13-5-6-16(26-10-13)22(30)29(14-4-3-8-24-11-14)20-19-15(23)12-31-17(19)7-9-25-20/h5-7,9-10,12,14,24H,2-4,8,11H2,1H3/t14-/m1/s1. The summed E-state index contributed by atoms with van der Waals surface area (Å²) in [6.07, 6.45) is 6.15. The summed E-state index contributed by atoms with van der Waals surface area (Å²) < 4.78 is 1.01. The molecule has 1 aliphatic heterocycles. The van der Waals surface area contributed by atoms with E-state index in [2.05, 4.69) is 25.5 Å². The molecule has 0 unspecified atom stereocenters. The first-order valence-electron chi connectivity index (χ1n) is 10.5. The van der Waals surface area contributed by atoms with E-state index < -0.39 is 0 Å². The van der Waals surface area contributed by atoms with E-state index in [-0.39, 0.29) is 11.9 Å². The number of piperidine rings is 1. The first-order valence-corrected chi connectivity index (χ1v) is 12.6. The van der Waals surface area contributed by atoms with Crippen molar-refractivity contribution in [1.29, 1.82) is 0 Å². The number of rotatable bonds is 5. The van der Waals surface area contributed by atoms with Crippen molar-refractivity contribution in [3.05, 3.63) is 51.7 Å². The third-order valence-corrected chi connectivity index (χ3v) is 7.99. The summed E-state index contributed by atoms with van der Waals surface area (Å²) in [5.74, 6) is 0.411. The number of thiophene rings is 1. The Bertz CT molecular complexity index is 1250. The molecule has 4 aromatic rings. The number of aryl methyl sites for hydroxylation is 1. The Morgan fingerprint density at radius 2 is 2.19 bits per heavy atom. The Morgan fingerprint density at radius 3 is 2.91 bits per heavy atom. The molecule has 5 heterocycles. The van der Waals surface area contributed by atoms with Crippen LogP contribution in [0.3, 0.4) is 0 Å². The molecule has 0 aromatic carbocycles. The lowest BCUT2D eigenvalue weighted by Crippen LogP contribution is -2.49. The molecule has 164 valence electrons. The normalized spacial score (nSPS) is 16.4. The van der Waals surface area contributed by atoms with Crippen molar-refractivity contribution < 1.29 is 4.79 Å². The van der Waals surface area contributed by atoms with Gasteiger partial charge in [-0.3, -0.25) is 14.7 Å². The zero-order valence-electron chi connectivity index (χ0n) is 17.4. The number of hydrogen-bond acceptors (Lipinski definition) is 8. The quantitative estimate of drug-likeness (QED) is 0.437. The van der Waals surface area contributed by atoms with Gasteiger partial charge in [0, 0.05) is 34.6 Å². The molecule has 1 saturated heterocycles. The lowest BCUT2D eigenvalue weighted by atomic mass is 10.0. The van der Waals surface area contributed by atoms with E-state index in [0.29, 0.717) is 23.1 Å². The number of carbonyl (C=O) groups excluding carboxylic acids is 1. The van der Waals surface area contributed by atoms with Gasteiger partial charge in [-0.2, -0.15) is 0 Å². The van der Waals surface area contributed by atoms with Crippen LogP contribution in [0.25, 0.3) is 20.7 Å². The fourth-order valence-corrected chi connectivity index (χ4v) is 5.84. The van der Waals surface area contributed by atoms with Crippen molar-refractivity contribution in [1.82, 2.24) is 25.5 Å². The predicted octanol–water partition coefficient (Wildman–Crippen LogP) is 4.82. The van der Waals surface area contributed by atoms with Crippen molar-refractivity contribution in [2.75, 3.05) is 18.0 Å². The zero-order chi connectivity index (χ0) is 22.1. The second-order valence-electron chi connectivity index (χ2n) is 7.55. The molecular weight excluding hydrogens is 464 g/mol. The van der Waals surface area contributed by atoms with E-state index in [1.165, 1.54) is 0 Å². The maximum Gasteiger partial charge on any atom is 0.278 e. The van der Waals surface area contributed by atoms with Crippen molar-refractivity contribution in [3.63, 3.8) is 0 Å². The van der Waals surface area contributed by atoms with Gasteiger partial charge in [0.15, 0.2) is 0 Å². The van der Waals surface area contributed by atoms with Crippen molar-refractivity contribution in [3.8, 4) is 10.6 Å². The van der Waals surface area contributed by atoms with Gasteiger partial charge in [0.05, 0.1) is 16.5 Å². The molecule has 1 fully saturated rings. The topological polar surface area (TPSA) is 83.9 Å². The Kier molecular flexibility index (Phi) is 6.14. The van der Waals surface area contributed by atoms with E-state index in [1.807, 2.05) is 24.4 Å². The number of aromatic nitrogens is 4. The molecule has 10 heteroatoms. The van der Waals surface area contributed by atoms with Crippen molar-refractivity contribution in [2.45, 2.75) is 32.2 Å². The van der Waals surface area contributed by atoms with E-state index in [9.17, 15) is 4.79 Å². The summed E-state index contributed by atoms with van der Waals surface area (Å²) in [5, 5.41) is 16.9. The van der Waals surface area contributed by atoms with E-state index in [4.69, 9.17) is 11.6 Å². The first kappa shape index (κ1) is 21.4. The predicted molar refractivity (Wildman–Crippen MR) is 130 cm³/mol. The largest absolute Gasteiger partial charge is 0.315 e. The molecule has 0 saturated carbocycles. The van der Waals surface area contributed by atoms with Gasteiger partial charge in [-0.05, 0) is 44.0 Å². The van der Waals surface area contributed by atoms with Gasteiger partial charge in [0.25, 0.3) is 5.91 Å². The van der Waals surface area contributed by atoms with Gasteiger partial charge < -0.3 is 5.32 Å². The molecule has 7 nitrogen and oxygen atoms in total. The van der Waals surface area contributed by atoms with Crippen molar-refractivity contribution >= 4 is 56.1 Å². The van der Waals surface area contributed by atoms with Gasteiger partial charge in [0.1, 0.15) is 21.5 Å². The number of halogens is 1. The molecule has 32 heavy (non-hydrogen) atoms. The van der Waals surface area contributed by atoms with Crippen LogP contribution in [-0.2, 0) is 6.42 Å². The third-order valence-electron chi connectivity index (χ3n) is 5.50. The second-order valence-corrected chi connectivity index (χ2v) is 9.93. The summed E-state index contributed by atoms with van der Waals surface area (Å²) in [7, 11) is 0. The van der Waals surface area contributed by atoms with Crippen LogP contribution in [0.2, 0.25) is 5.02 Å². The fourth-order valence-electron chi connectivity index (χ4n) is 3.89. The number of fused-ring (bicyclic) bond motifs is 1. The number of pyridine rings is 2. The summed E-state index contributed by atoms with van der Waals surface area (Å²) in [6, 6.07) is 5.53. The van der Waals surface area contributed by atoms with Crippen LogP contribution in [0.4, 0.5) is 5.82 Å². The highest BCUT2D eigenvalue weighted by Gasteiger charge is 2.31. The number of nitrogens with one attached hydrogen (secondary N) is 1. The number of carbonyl (C=O) groups is 1. The summed E-state index contributed by atoms with van der Waals surface area (Å²) in [5.41, 5.74) is 1.22.